The Bertz CT molecular complexity index is 1040. The van der Waals surface area contributed by atoms with Crippen LogP contribution in [0.5, 0.6) is 0 Å². The Morgan fingerprint density at radius 2 is 1.80 bits per heavy atom. The molecule has 5 heteroatoms. The van der Waals surface area contributed by atoms with Crippen LogP contribution in [0, 0.1) is 5.82 Å². The van der Waals surface area contributed by atoms with Gasteiger partial charge in [-0.3, -0.25) is 4.79 Å². The van der Waals surface area contributed by atoms with Gasteiger partial charge in [-0.15, -0.1) is 0 Å². The van der Waals surface area contributed by atoms with Crippen molar-refractivity contribution in [2.45, 2.75) is 0 Å². The highest BCUT2D eigenvalue weighted by Gasteiger charge is 2.09. The van der Waals surface area contributed by atoms with Gasteiger partial charge in [0.1, 0.15) is 11.6 Å². The van der Waals surface area contributed by atoms with E-state index in [1.165, 1.54) is 18.2 Å². The van der Waals surface area contributed by atoms with Crippen molar-refractivity contribution in [3.05, 3.63) is 84.2 Å². The van der Waals surface area contributed by atoms with Crippen LogP contribution >= 0.6 is 0 Å². The van der Waals surface area contributed by atoms with Crippen LogP contribution in [0.25, 0.3) is 22.4 Å². The van der Waals surface area contributed by atoms with Gasteiger partial charge < -0.3 is 10.3 Å². The minimum absolute atomic E-state index is 0.272. The molecule has 1 heterocycles. The lowest BCUT2D eigenvalue weighted by Crippen LogP contribution is -2.12. The number of benzene rings is 3. The number of amides is 1. The van der Waals surface area contributed by atoms with Gasteiger partial charge in [-0.1, -0.05) is 30.3 Å². The fraction of sp³-hybridized carbons (Fsp3) is 0. The topological polar surface area (TPSA) is 57.8 Å². The summed E-state index contributed by atoms with van der Waals surface area (Å²) in [5.41, 5.74) is 3.58. The molecule has 0 bridgehead atoms. The van der Waals surface area contributed by atoms with Crippen molar-refractivity contribution in [2.24, 2.45) is 0 Å². The molecule has 0 fully saturated rings. The average Bonchev–Trinajstić information content (AvgIpc) is 3.06. The fourth-order valence-corrected chi connectivity index (χ4v) is 2.67. The number of nitrogens with one attached hydrogen (secondary N) is 2. The third-order valence-corrected chi connectivity index (χ3v) is 3.87. The molecular weight excluding hydrogens is 317 g/mol. The summed E-state index contributed by atoms with van der Waals surface area (Å²) in [5.74, 6) is -0.0759. The number of fused-ring (bicyclic) bond motifs is 1. The number of rotatable bonds is 3. The normalized spacial score (nSPS) is 10.8. The number of H-pyrrole nitrogens is 1. The quantitative estimate of drug-likeness (QED) is 0.575. The maximum atomic E-state index is 13.3. The molecule has 4 nitrogen and oxygen atoms in total. The molecule has 3 aromatic carbocycles. The van der Waals surface area contributed by atoms with E-state index in [0.29, 0.717) is 5.69 Å². The number of halogens is 1. The lowest BCUT2D eigenvalue weighted by atomic mass is 10.1. The van der Waals surface area contributed by atoms with Crippen molar-refractivity contribution in [2.75, 3.05) is 5.32 Å². The average molecular weight is 331 g/mol. The summed E-state index contributed by atoms with van der Waals surface area (Å²) in [4.78, 5) is 20.1. The smallest absolute Gasteiger partial charge is 0.255 e. The molecule has 0 saturated heterocycles. The number of hydrogen-bond acceptors (Lipinski definition) is 2. The van der Waals surface area contributed by atoms with E-state index < -0.39 is 5.82 Å². The minimum Gasteiger partial charge on any atom is -0.338 e. The summed E-state index contributed by atoms with van der Waals surface area (Å²) >= 11 is 0. The van der Waals surface area contributed by atoms with Gasteiger partial charge in [0.15, 0.2) is 0 Å². The molecule has 0 aliphatic heterocycles. The monoisotopic (exact) mass is 331 g/mol. The van der Waals surface area contributed by atoms with E-state index in [9.17, 15) is 9.18 Å². The van der Waals surface area contributed by atoms with Gasteiger partial charge in [-0.05, 0) is 42.5 Å². The van der Waals surface area contributed by atoms with Gasteiger partial charge in [-0.2, -0.15) is 0 Å². The predicted octanol–water partition coefficient (Wildman–Crippen LogP) is 4.62. The first-order valence-electron chi connectivity index (χ1n) is 7.81. The van der Waals surface area contributed by atoms with Crippen LogP contribution in [-0.2, 0) is 0 Å². The van der Waals surface area contributed by atoms with Crippen LogP contribution in [0.2, 0.25) is 0 Å². The molecule has 0 aliphatic carbocycles. The molecule has 122 valence electrons. The van der Waals surface area contributed by atoms with E-state index in [4.69, 9.17) is 0 Å². The minimum atomic E-state index is -0.441. The van der Waals surface area contributed by atoms with Gasteiger partial charge in [0, 0.05) is 16.8 Å². The van der Waals surface area contributed by atoms with Crippen LogP contribution in [0.1, 0.15) is 10.4 Å². The van der Waals surface area contributed by atoms with Crippen LogP contribution in [0.4, 0.5) is 10.1 Å². The van der Waals surface area contributed by atoms with Crippen LogP contribution in [0.3, 0.4) is 0 Å². The standard InChI is InChI=1S/C20H14FN3O/c21-15-7-3-6-14(11-15)20(25)22-16-8-4-5-13(12-16)19-23-17-9-1-2-10-18(17)24-19/h1-12H,(H,22,25)(H,23,24). The van der Waals surface area contributed by atoms with Gasteiger partial charge in [0.05, 0.1) is 11.0 Å². The molecule has 4 aromatic rings. The number of anilines is 1. The number of nitrogens with zero attached hydrogens (tertiary/aromatic N) is 1. The third-order valence-electron chi connectivity index (χ3n) is 3.87. The second kappa shape index (κ2) is 6.20. The van der Waals surface area contributed by atoms with Crippen molar-refractivity contribution >= 4 is 22.6 Å². The number of para-hydroxylation sites is 2. The third kappa shape index (κ3) is 3.12. The van der Waals surface area contributed by atoms with Gasteiger partial charge in [0.2, 0.25) is 0 Å². The van der Waals surface area contributed by atoms with Crippen molar-refractivity contribution in [1.29, 1.82) is 0 Å². The number of carbonyl (C=O) groups is 1. The van der Waals surface area contributed by atoms with Gasteiger partial charge in [-0.25, -0.2) is 9.37 Å². The molecule has 0 radical (unpaired) electrons. The maximum Gasteiger partial charge on any atom is 0.255 e. The van der Waals surface area contributed by atoms with Gasteiger partial charge in [0.25, 0.3) is 5.91 Å². The molecule has 0 unspecified atom stereocenters. The molecule has 1 aromatic heterocycles. The Morgan fingerprint density at radius 1 is 0.960 bits per heavy atom. The molecule has 1 amide bonds. The lowest BCUT2D eigenvalue weighted by Gasteiger charge is -2.07. The fourth-order valence-electron chi connectivity index (χ4n) is 2.67. The van der Waals surface area contributed by atoms with Crippen LogP contribution < -0.4 is 5.32 Å². The molecule has 0 spiro atoms. The molecule has 0 aliphatic rings. The molecule has 2 N–H and O–H groups in total. The van der Waals surface area contributed by atoms with Crippen LogP contribution in [-0.4, -0.2) is 15.9 Å². The molecule has 4 rings (SSSR count). The van der Waals surface area contributed by atoms with Crippen molar-refractivity contribution in [3.63, 3.8) is 0 Å². The Hall–Kier alpha value is -3.47. The second-order valence-corrected chi connectivity index (χ2v) is 5.65. The molecule has 25 heavy (non-hydrogen) atoms. The Kier molecular flexibility index (Phi) is 3.74. The van der Waals surface area contributed by atoms with Gasteiger partial charge >= 0.3 is 0 Å². The SMILES string of the molecule is O=C(Nc1cccc(-c2nc3ccccc3[nH]2)c1)c1cccc(F)c1. The highest BCUT2D eigenvalue weighted by atomic mass is 19.1. The number of aromatic amines is 1. The van der Waals surface area contributed by atoms with Crippen molar-refractivity contribution in [1.82, 2.24) is 9.97 Å². The maximum absolute atomic E-state index is 13.3. The first-order chi connectivity index (χ1) is 12.2. The zero-order valence-corrected chi connectivity index (χ0v) is 13.2. The van der Waals surface area contributed by atoms with E-state index in [1.54, 1.807) is 12.1 Å². The highest BCUT2D eigenvalue weighted by Crippen LogP contribution is 2.23. The van der Waals surface area contributed by atoms with E-state index in [1.807, 2.05) is 42.5 Å². The number of hydrogen-bond donors (Lipinski definition) is 2. The summed E-state index contributed by atoms with van der Waals surface area (Å²) in [6, 6.07) is 20.7. The van der Waals surface area contributed by atoms with E-state index in [-0.39, 0.29) is 11.5 Å². The molecular formula is C20H14FN3O. The van der Waals surface area contributed by atoms with E-state index >= 15 is 0 Å². The summed E-state index contributed by atoms with van der Waals surface area (Å²) in [6.45, 7) is 0. The summed E-state index contributed by atoms with van der Waals surface area (Å²) in [5, 5.41) is 2.78. The highest BCUT2D eigenvalue weighted by molar-refractivity contribution is 6.04. The Balaban J connectivity index is 1.62. The zero-order chi connectivity index (χ0) is 17.2. The van der Waals surface area contributed by atoms with Crippen molar-refractivity contribution in [3.8, 4) is 11.4 Å². The number of aromatic nitrogens is 2. The number of imidazole rings is 1. The second-order valence-electron chi connectivity index (χ2n) is 5.65. The summed E-state index contributed by atoms with van der Waals surface area (Å²) in [7, 11) is 0. The van der Waals surface area contributed by atoms with Crippen LogP contribution in [0.15, 0.2) is 72.8 Å². The first-order valence-corrected chi connectivity index (χ1v) is 7.81. The summed E-state index contributed by atoms with van der Waals surface area (Å²) < 4.78 is 13.3. The van der Waals surface area contributed by atoms with Crippen molar-refractivity contribution < 1.29 is 9.18 Å². The lowest BCUT2D eigenvalue weighted by molar-refractivity contribution is 0.102. The molecule has 0 saturated carbocycles. The first kappa shape index (κ1) is 15.1. The zero-order valence-electron chi connectivity index (χ0n) is 13.2. The number of carbonyl (C=O) groups excluding carboxylic acids is 1. The molecule has 0 atom stereocenters. The largest absolute Gasteiger partial charge is 0.338 e. The Morgan fingerprint density at radius 3 is 2.64 bits per heavy atom. The summed E-state index contributed by atoms with van der Waals surface area (Å²) in [6.07, 6.45) is 0. The van der Waals surface area contributed by atoms with E-state index in [2.05, 4.69) is 15.3 Å². The predicted molar refractivity (Wildman–Crippen MR) is 95.9 cm³/mol. The Labute approximate surface area is 143 Å². The van der Waals surface area contributed by atoms with E-state index in [0.717, 1.165) is 22.4 Å².